The summed E-state index contributed by atoms with van der Waals surface area (Å²) in [6.45, 7) is 4.49. The Balaban J connectivity index is 2.43. The predicted octanol–water partition coefficient (Wildman–Crippen LogP) is 3.58. The third-order valence-corrected chi connectivity index (χ3v) is 4.00. The van der Waals surface area contributed by atoms with Gasteiger partial charge in [-0.05, 0) is 37.3 Å². The summed E-state index contributed by atoms with van der Waals surface area (Å²) in [5, 5.41) is 6.33. The van der Waals surface area contributed by atoms with Gasteiger partial charge in [-0.15, -0.1) is 11.3 Å². The van der Waals surface area contributed by atoms with Gasteiger partial charge < -0.3 is 5.32 Å². The van der Waals surface area contributed by atoms with E-state index in [1.54, 1.807) is 11.3 Å². The van der Waals surface area contributed by atoms with Crippen molar-refractivity contribution in [3.05, 3.63) is 21.3 Å². The molecule has 0 amide bonds. The summed E-state index contributed by atoms with van der Waals surface area (Å²) in [5.41, 5.74) is 0. The van der Waals surface area contributed by atoms with E-state index in [0.717, 1.165) is 17.9 Å². The minimum absolute atomic E-state index is 0.591. The number of halogens is 1. The molecule has 0 aliphatic rings. The van der Waals surface area contributed by atoms with Crippen LogP contribution in [0, 0.1) is 5.92 Å². The maximum absolute atomic E-state index is 6.04. The lowest BCUT2D eigenvalue weighted by atomic mass is 9.99. The van der Waals surface area contributed by atoms with Crippen LogP contribution in [0.1, 0.15) is 25.1 Å². The molecule has 0 saturated carbocycles. The van der Waals surface area contributed by atoms with Gasteiger partial charge in [0.25, 0.3) is 0 Å². The van der Waals surface area contributed by atoms with E-state index in [9.17, 15) is 0 Å². The zero-order chi connectivity index (χ0) is 10.6. The lowest BCUT2D eigenvalue weighted by molar-refractivity contribution is 0.404. The molecular formula is C11H18ClNS. The van der Waals surface area contributed by atoms with Gasteiger partial charge in [-0.3, -0.25) is 0 Å². The first-order valence-corrected chi connectivity index (χ1v) is 6.30. The van der Waals surface area contributed by atoms with Crippen molar-refractivity contribution >= 4 is 22.9 Å². The summed E-state index contributed by atoms with van der Waals surface area (Å²) in [6, 6.07) is 2.57. The van der Waals surface area contributed by atoms with Crippen LogP contribution < -0.4 is 5.32 Å². The lowest BCUT2D eigenvalue weighted by Gasteiger charge is -2.19. The summed E-state index contributed by atoms with van der Waals surface area (Å²) in [4.78, 5) is 1.31. The van der Waals surface area contributed by atoms with Crippen LogP contribution in [0.4, 0.5) is 0 Å². The second kappa shape index (κ2) is 5.74. The van der Waals surface area contributed by atoms with E-state index < -0.39 is 0 Å². The van der Waals surface area contributed by atoms with Gasteiger partial charge >= 0.3 is 0 Å². The van der Waals surface area contributed by atoms with E-state index in [1.165, 1.54) is 4.88 Å². The van der Waals surface area contributed by atoms with Crippen LogP contribution in [0.3, 0.4) is 0 Å². The molecule has 0 aliphatic carbocycles. The van der Waals surface area contributed by atoms with Crippen molar-refractivity contribution in [2.24, 2.45) is 5.92 Å². The Morgan fingerprint density at radius 2 is 2.21 bits per heavy atom. The van der Waals surface area contributed by atoms with Gasteiger partial charge in [0.05, 0.1) is 5.02 Å². The molecule has 0 fully saturated rings. The van der Waals surface area contributed by atoms with Crippen molar-refractivity contribution < 1.29 is 0 Å². The molecular weight excluding hydrogens is 214 g/mol. The van der Waals surface area contributed by atoms with Gasteiger partial charge in [-0.1, -0.05) is 25.4 Å². The Morgan fingerprint density at radius 1 is 1.50 bits per heavy atom. The van der Waals surface area contributed by atoms with Gasteiger partial charge in [0.1, 0.15) is 0 Å². The van der Waals surface area contributed by atoms with Gasteiger partial charge in [0.2, 0.25) is 0 Å². The Bertz CT molecular complexity index is 270. The first-order chi connectivity index (χ1) is 6.65. The molecule has 1 aromatic heterocycles. The quantitative estimate of drug-likeness (QED) is 0.817. The maximum atomic E-state index is 6.04. The molecule has 0 aromatic carbocycles. The lowest BCUT2D eigenvalue weighted by Crippen LogP contribution is -2.30. The number of hydrogen-bond acceptors (Lipinski definition) is 2. The molecule has 0 radical (unpaired) electrons. The first kappa shape index (κ1) is 12.0. The van der Waals surface area contributed by atoms with Crippen molar-refractivity contribution in [2.45, 2.75) is 32.7 Å². The molecule has 0 saturated heterocycles. The molecule has 1 heterocycles. The second-order valence-corrected chi connectivity index (χ2v) is 5.28. The van der Waals surface area contributed by atoms with Crippen LogP contribution in [-0.4, -0.2) is 13.1 Å². The zero-order valence-corrected chi connectivity index (χ0v) is 10.6. The van der Waals surface area contributed by atoms with Crippen LogP contribution >= 0.6 is 22.9 Å². The minimum atomic E-state index is 0.591. The monoisotopic (exact) mass is 231 g/mol. The molecule has 3 heteroatoms. The zero-order valence-electron chi connectivity index (χ0n) is 9.01. The topological polar surface area (TPSA) is 12.0 Å². The van der Waals surface area contributed by atoms with Gasteiger partial charge in [-0.2, -0.15) is 0 Å². The van der Waals surface area contributed by atoms with E-state index in [0.29, 0.717) is 12.0 Å². The summed E-state index contributed by atoms with van der Waals surface area (Å²) >= 11 is 7.79. The Morgan fingerprint density at radius 3 is 2.64 bits per heavy atom. The van der Waals surface area contributed by atoms with Crippen molar-refractivity contribution in [3.8, 4) is 0 Å². The fraction of sp³-hybridized carbons (Fsp3) is 0.636. The smallest absolute Gasteiger partial charge is 0.0544 e. The fourth-order valence-corrected chi connectivity index (χ4v) is 2.75. The predicted molar refractivity (Wildman–Crippen MR) is 65.3 cm³/mol. The Labute approximate surface area is 95.5 Å². The number of hydrogen-bond donors (Lipinski definition) is 1. The number of thiophene rings is 1. The third-order valence-electron chi connectivity index (χ3n) is 2.55. The first-order valence-electron chi connectivity index (χ1n) is 5.04. The summed E-state index contributed by atoms with van der Waals surface area (Å²) in [5.74, 6) is 0.679. The Hall–Kier alpha value is -0.0500. The van der Waals surface area contributed by atoms with Crippen LogP contribution in [-0.2, 0) is 6.42 Å². The molecule has 80 valence electrons. The third kappa shape index (κ3) is 3.26. The van der Waals surface area contributed by atoms with Gasteiger partial charge in [0.15, 0.2) is 0 Å². The van der Waals surface area contributed by atoms with Crippen molar-refractivity contribution in [2.75, 3.05) is 7.05 Å². The summed E-state index contributed by atoms with van der Waals surface area (Å²) in [7, 11) is 2.03. The second-order valence-electron chi connectivity index (χ2n) is 3.87. The molecule has 14 heavy (non-hydrogen) atoms. The number of rotatable bonds is 5. The van der Waals surface area contributed by atoms with E-state index in [1.807, 2.05) is 13.1 Å². The standard InChI is InChI=1S/C11H18ClNS/c1-8(2)10(13-3)4-5-11-9(12)6-7-14-11/h6-8,10,13H,4-5H2,1-3H3. The van der Waals surface area contributed by atoms with E-state index in [4.69, 9.17) is 11.6 Å². The molecule has 1 rings (SSSR count). The van der Waals surface area contributed by atoms with E-state index in [2.05, 4.69) is 24.5 Å². The van der Waals surface area contributed by atoms with Crippen LogP contribution in [0.5, 0.6) is 0 Å². The van der Waals surface area contributed by atoms with Crippen LogP contribution in [0.2, 0.25) is 5.02 Å². The highest BCUT2D eigenvalue weighted by molar-refractivity contribution is 7.10. The normalized spacial score (nSPS) is 13.5. The average Bonchev–Trinajstić information content (AvgIpc) is 2.52. The molecule has 1 unspecified atom stereocenters. The molecule has 1 N–H and O–H groups in total. The average molecular weight is 232 g/mol. The maximum Gasteiger partial charge on any atom is 0.0544 e. The molecule has 0 spiro atoms. The van der Waals surface area contributed by atoms with Crippen molar-refractivity contribution in [1.82, 2.24) is 5.32 Å². The largest absolute Gasteiger partial charge is 0.317 e. The number of aryl methyl sites for hydroxylation is 1. The van der Waals surface area contributed by atoms with Crippen LogP contribution in [0.15, 0.2) is 11.4 Å². The molecule has 1 nitrogen and oxygen atoms in total. The van der Waals surface area contributed by atoms with Crippen molar-refractivity contribution in [1.29, 1.82) is 0 Å². The van der Waals surface area contributed by atoms with Gasteiger partial charge in [-0.25, -0.2) is 0 Å². The van der Waals surface area contributed by atoms with Gasteiger partial charge in [0, 0.05) is 10.9 Å². The van der Waals surface area contributed by atoms with E-state index >= 15 is 0 Å². The molecule has 0 bridgehead atoms. The molecule has 0 aliphatic heterocycles. The fourth-order valence-electron chi connectivity index (χ4n) is 1.60. The van der Waals surface area contributed by atoms with E-state index in [-0.39, 0.29) is 0 Å². The minimum Gasteiger partial charge on any atom is -0.317 e. The molecule has 1 atom stereocenters. The van der Waals surface area contributed by atoms with Crippen LogP contribution in [0.25, 0.3) is 0 Å². The highest BCUT2D eigenvalue weighted by atomic mass is 35.5. The summed E-state index contributed by atoms with van der Waals surface area (Å²) < 4.78 is 0. The SMILES string of the molecule is CNC(CCc1sccc1Cl)C(C)C. The highest BCUT2D eigenvalue weighted by Gasteiger charge is 2.11. The number of nitrogens with one attached hydrogen (secondary N) is 1. The summed E-state index contributed by atoms with van der Waals surface area (Å²) in [6.07, 6.45) is 2.24. The van der Waals surface area contributed by atoms with Crippen molar-refractivity contribution in [3.63, 3.8) is 0 Å². The Kier molecular flexibility index (Phi) is 4.93. The molecule has 1 aromatic rings. The highest BCUT2D eigenvalue weighted by Crippen LogP contribution is 2.24.